The first-order valence-electron chi connectivity index (χ1n) is 8.40. The number of likely N-dealkylation sites (tertiary alicyclic amines) is 1. The van der Waals surface area contributed by atoms with Gasteiger partial charge < -0.3 is 10.6 Å². The lowest BCUT2D eigenvalue weighted by molar-refractivity contribution is -0.141. The lowest BCUT2D eigenvalue weighted by atomic mass is 9.89. The first kappa shape index (κ1) is 21.2. The SMILES string of the molecule is Cc1nc(C(F)(F)F)ccc1C(=O)N1C[C@@H](CN)[C@H](c2ccccc2)C1.Cl. The molecular weight excluding hydrogens is 379 g/mol. The van der Waals surface area contributed by atoms with Gasteiger partial charge in [-0.05, 0) is 37.1 Å². The van der Waals surface area contributed by atoms with Crippen molar-refractivity contribution in [1.29, 1.82) is 0 Å². The summed E-state index contributed by atoms with van der Waals surface area (Å²) in [6, 6.07) is 11.9. The first-order valence-corrected chi connectivity index (χ1v) is 8.40. The van der Waals surface area contributed by atoms with E-state index in [9.17, 15) is 18.0 Å². The average molecular weight is 400 g/mol. The molecule has 1 fully saturated rings. The second-order valence-corrected chi connectivity index (χ2v) is 6.55. The van der Waals surface area contributed by atoms with Crippen LogP contribution in [0, 0.1) is 12.8 Å². The van der Waals surface area contributed by atoms with Gasteiger partial charge in [-0.1, -0.05) is 30.3 Å². The summed E-state index contributed by atoms with van der Waals surface area (Å²) in [6.07, 6.45) is -4.52. The Hall–Kier alpha value is -2.12. The number of halogens is 4. The van der Waals surface area contributed by atoms with Gasteiger partial charge >= 0.3 is 6.18 Å². The highest BCUT2D eigenvalue weighted by Gasteiger charge is 2.37. The summed E-state index contributed by atoms with van der Waals surface area (Å²) in [4.78, 5) is 18.0. The van der Waals surface area contributed by atoms with Crippen LogP contribution in [-0.4, -0.2) is 35.4 Å². The van der Waals surface area contributed by atoms with Crippen molar-refractivity contribution in [2.45, 2.75) is 19.0 Å². The second-order valence-electron chi connectivity index (χ2n) is 6.55. The normalized spacial score (nSPS) is 19.7. The van der Waals surface area contributed by atoms with Crippen molar-refractivity contribution in [3.05, 3.63) is 65.0 Å². The Labute approximate surface area is 162 Å². The molecule has 0 saturated carbocycles. The number of carbonyl (C=O) groups is 1. The molecule has 27 heavy (non-hydrogen) atoms. The fourth-order valence-electron chi connectivity index (χ4n) is 3.47. The summed E-state index contributed by atoms with van der Waals surface area (Å²) in [7, 11) is 0. The molecule has 3 rings (SSSR count). The summed E-state index contributed by atoms with van der Waals surface area (Å²) in [5.74, 6) is -0.0717. The summed E-state index contributed by atoms with van der Waals surface area (Å²) >= 11 is 0. The minimum absolute atomic E-state index is 0. The predicted molar refractivity (Wildman–Crippen MR) is 98.9 cm³/mol. The third-order valence-corrected chi connectivity index (χ3v) is 4.87. The molecule has 8 heteroatoms. The number of aryl methyl sites for hydroxylation is 1. The van der Waals surface area contributed by atoms with Gasteiger partial charge in [0.1, 0.15) is 5.69 Å². The molecule has 0 aliphatic carbocycles. The lowest BCUT2D eigenvalue weighted by Gasteiger charge is -2.18. The zero-order valence-corrected chi connectivity index (χ0v) is 15.6. The molecule has 0 bridgehead atoms. The average Bonchev–Trinajstić information content (AvgIpc) is 3.05. The summed E-state index contributed by atoms with van der Waals surface area (Å²) < 4.78 is 38.3. The molecule has 0 unspecified atom stereocenters. The Morgan fingerprint density at radius 3 is 2.41 bits per heavy atom. The lowest BCUT2D eigenvalue weighted by Crippen LogP contribution is -2.30. The standard InChI is InChI=1S/C19H20F3N3O.ClH/c1-12-15(7-8-17(24-12)19(20,21)22)18(26)25-10-14(9-23)16(11-25)13-5-3-2-4-6-13;/h2-8,14,16H,9-11,23H2,1H3;1H/t14-,16+;/m1./s1. The highest BCUT2D eigenvalue weighted by molar-refractivity contribution is 5.95. The van der Waals surface area contributed by atoms with E-state index in [2.05, 4.69) is 4.98 Å². The zero-order chi connectivity index (χ0) is 18.9. The van der Waals surface area contributed by atoms with Crippen molar-refractivity contribution in [2.24, 2.45) is 11.7 Å². The molecule has 2 N–H and O–H groups in total. The van der Waals surface area contributed by atoms with Gasteiger partial charge in [0, 0.05) is 19.0 Å². The number of pyridine rings is 1. The number of alkyl halides is 3. The quantitative estimate of drug-likeness (QED) is 0.857. The number of carbonyl (C=O) groups excluding carboxylic acids is 1. The Kier molecular flexibility index (Phi) is 6.49. The van der Waals surface area contributed by atoms with Crippen LogP contribution in [0.4, 0.5) is 13.2 Å². The van der Waals surface area contributed by atoms with E-state index in [0.717, 1.165) is 11.6 Å². The predicted octanol–water partition coefficient (Wildman–Crippen LogP) is 3.65. The monoisotopic (exact) mass is 399 g/mol. The number of rotatable bonds is 3. The maximum absolute atomic E-state index is 12.8. The zero-order valence-electron chi connectivity index (χ0n) is 14.7. The van der Waals surface area contributed by atoms with Crippen LogP contribution in [0.15, 0.2) is 42.5 Å². The van der Waals surface area contributed by atoms with Crippen molar-refractivity contribution in [1.82, 2.24) is 9.88 Å². The molecule has 1 saturated heterocycles. The van der Waals surface area contributed by atoms with E-state index >= 15 is 0 Å². The van der Waals surface area contributed by atoms with Crippen LogP contribution in [-0.2, 0) is 6.18 Å². The Morgan fingerprint density at radius 2 is 1.85 bits per heavy atom. The number of hydrogen-bond acceptors (Lipinski definition) is 3. The first-order chi connectivity index (χ1) is 12.3. The van der Waals surface area contributed by atoms with Crippen LogP contribution >= 0.6 is 12.4 Å². The van der Waals surface area contributed by atoms with Crippen molar-refractivity contribution in [2.75, 3.05) is 19.6 Å². The van der Waals surface area contributed by atoms with Gasteiger partial charge in [0.05, 0.1) is 11.3 Å². The van der Waals surface area contributed by atoms with Gasteiger partial charge in [-0.2, -0.15) is 13.2 Å². The highest BCUT2D eigenvalue weighted by atomic mass is 35.5. The molecule has 0 spiro atoms. The number of benzene rings is 1. The van der Waals surface area contributed by atoms with Gasteiger partial charge in [-0.3, -0.25) is 4.79 Å². The van der Waals surface area contributed by atoms with Crippen LogP contribution in [0.25, 0.3) is 0 Å². The summed E-state index contributed by atoms with van der Waals surface area (Å²) in [6.45, 7) is 2.84. The van der Waals surface area contributed by atoms with E-state index in [-0.39, 0.29) is 41.4 Å². The molecule has 0 radical (unpaired) electrons. The molecule has 1 aliphatic rings. The topological polar surface area (TPSA) is 59.2 Å². The molecule has 2 aromatic rings. The minimum atomic E-state index is -4.52. The van der Waals surface area contributed by atoms with E-state index in [1.165, 1.54) is 13.0 Å². The third kappa shape index (κ3) is 4.42. The summed E-state index contributed by atoms with van der Waals surface area (Å²) in [5.41, 5.74) is 6.28. The summed E-state index contributed by atoms with van der Waals surface area (Å²) in [5, 5.41) is 0. The molecule has 146 valence electrons. The maximum atomic E-state index is 12.8. The van der Waals surface area contributed by atoms with Gasteiger partial charge in [-0.15, -0.1) is 12.4 Å². The molecule has 1 amide bonds. The Bertz CT molecular complexity index is 799. The number of aromatic nitrogens is 1. The van der Waals surface area contributed by atoms with E-state index in [1.807, 2.05) is 30.3 Å². The smallest absolute Gasteiger partial charge is 0.338 e. The highest BCUT2D eigenvalue weighted by Crippen LogP contribution is 2.33. The molecule has 2 atom stereocenters. The Balaban J connectivity index is 0.00000261. The number of nitrogens with zero attached hydrogens (tertiary/aromatic N) is 2. The van der Waals surface area contributed by atoms with E-state index in [1.54, 1.807) is 4.90 Å². The maximum Gasteiger partial charge on any atom is 0.433 e. The fourth-order valence-corrected chi connectivity index (χ4v) is 3.47. The van der Waals surface area contributed by atoms with Gasteiger partial charge in [-0.25, -0.2) is 4.98 Å². The third-order valence-electron chi connectivity index (χ3n) is 4.87. The van der Waals surface area contributed by atoms with Crippen LogP contribution in [0.1, 0.15) is 33.2 Å². The molecular formula is C19H21ClF3N3O. The Morgan fingerprint density at radius 1 is 1.19 bits per heavy atom. The van der Waals surface area contributed by atoms with Gasteiger partial charge in [0.25, 0.3) is 5.91 Å². The van der Waals surface area contributed by atoms with E-state index < -0.39 is 11.9 Å². The van der Waals surface area contributed by atoms with E-state index in [0.29, 0.717) is 19.6 Å². The number of nitrogens with two attached hydrogens (primary N) is 1. The molecule has 1 aromatic carbocycles. The molecule has 4 nitrogen and oxygen atoms in total. The van der Waals surface area contributed by atoms with Crippen molar-refractivity contribution < 1.29 is 18.0 Å². The second kappa shape index (κ2) is 8.27. The fraction of sp³-hybridized carbons (Fsp3) is 0.368. The number of amides is 1. The van der Waals surface area contributed by atoms with Crippen molar-refractivity contribution in [3.8, 4) is 0 Å². The number of hydrogen-bond donors (Lipinski definition) is 1. The van der Waals surface area contributed by atoms with Gasteiger partial charge in [0.15, 0.2) is 0 Å². The minimum Gasteiger partial charge on any atom is -0.338 e. The van der Waals surface area contributed by atoms with Gasteiger partial charge in [0.2, 0.25) is 0 Å². The van der Waals surface area contributed by atoms with Crippen molar-refractivity contribution >= 4 is 18.3 Å². The molecule has 1 aromatic heterocycles. The molecule has 1 aliphatic heterocycles. The largest absolute Gasteiger partial charge is 0.433 e. The van der Waals surface area contributed by atoms with Crippen LogP contribution in [0.3, 0.4) is 0 Å². The van der Waals surface area contributed by atoms with Crippen LogP contribution < -0.4 is 5.73 Å². The van der Waals surface area contributed by atoms with E-state index in [4.69, 9.17) is 5.73 Å². The van der Waals surface area contributed by atoms with Crippen LogP contribution in [0.2, 0.25) is 0 Å². The molecule has 2 heterocycles. The van der Waals surface area contributed by atoms with Crippen molar-refractivity contribution in [3.63, 3.8) is 0 Å². The van der Waals surface area contributed by atoms with Crippen LogP contribution in [0.5, 0.6) is 0 Å².